The Labute approximate surface area is 166 Å². The van der Waals surface area contributed by atoms with Gasteiger partial charge in [-0.15, -0.1) is 0 Å². The molecule has 1 atom stereocenters. The highest BCUT2D eigenvalue weighted by atomic mass is 35.5. The van der Waals surface area contributed by atoms with Crippen molar-refractivity contribution in [3.05, 3.63) is 35.2 Å². The maximum atomic E-state index is 5.92. The summed E-state index contributed by atoms with van der Waals surface area (Å²) in [4.78, 5) is 11.2. The van der Waals surface area contributed by atoms with Crippen LogP contribution in [0.5, 0.6) is 0 Å². The van der Waals surface area contributed by atoms with E-state index in [0.29, 0.717) is 29.7 Å². The Morgan fingerprint density at radius 2 is 2.15 bits per heavy atom. The van der Waals surface area contributed by atoms with Crippen LogP contribution in [-0.4, -0.2) is 47.7 Å². The van der Waals surface area contributed by atoms with Crippen LogP contribution >= 0.6 is 11.6 Å². The molecule has 1 N–H and O–H groups in total. The van der Waals surface area contributed by atoms with Crippen molar-refractivity contribution in [2.75, 3.05) is 26.7 Å². The Morgan fingerprint density at radius 1 is 1.37 bits per heavy atom. The lowest BCUT2D eigenvalue weighted by Crippen LogP contribution is -2.40. The van der Waals surface area contributed by atoms with E-state index in [9.17, 15) is 0 Å². The van der Waals surface area contributed by atoms with Crippen LogP contribution in [0.1, 0.15) is 32.6 Å². The van der Waals surface area contributed by atoms with E-state index in [1.807, 2.05) is 31.3 Å². The molecule has 1 aromatic heterocycles. The smallest absolute Gasteiger partial charge is 0.228 e. The molecule has 1 aliphatic rings. The molecular weight excluding hydrogens is 362 g/mol. The number of rotatable bonds is 6. The Kier molecular flexibility index (Phi) is 6.72. The van der Waals surface area contributed by atoms with Gasteiger partial charge in [-0.1, -0.05) is 30.6 Å². The lowest BCUT2D eigenvalue weighted by molar-refractivity contribution is 0.376. The Morgan fingerprint density at radius 3 is 2.85 bits per heavy atom. The maximum absolute atomic E-state index is 5.92. The minimum absolute atomic E-state index is 0.585. The minimum atomic E-state index is 0.585. The van der Waals surface area contributed by atoms with Crippen molar-refractivity contribution >= 4 is 17.6 Å². The van der Waals surface area contributed by atoms with Gasteiger partial charge in [0.25, 0.3) is 0 Å². The van der Waals surface area contributed by atoms with Gasteiger partial charge in [0.1, 0.15) is 0 Å². The first kappa shape index (κ1) is 19.7. The van der Waals surface area contributed by atoms with E-state index < -0.39 is 0 Å². The first-order valence-electron chi connectivity index (χ1n) is 9.59. The summed E-state index contributed by atoms with van der Waals surface area (Å²) in [5.41, 5.74) is 0.895. The summed E-state index contributed by atoms with van der Waals surface area (Å²) < 4.78 is 5.36. The van der Waals surface area contributed by atoms with Crippen LogP contribution in [0, 0.1) is 11.8 Å². The largest absolute Gasteiger partial charge is 0.356 e. The van der Waals surface area contributed by atoms with Gasteiger partial charge in [-0.3, -0.25) is 4.99 Å². The van der Waals surface area contributed by atoms with E-state index in [1.54, 1.807) is 0 Å². The number of hydrogen-bond donors (Lipinski definition) is 1. The molecular formula is C20H28ClN5O. The predicted octanol–water partition coefficient (Wildman–Crippen LogP) is 3.88. The number of nitrogens with zero attached hydrogens (tertiary/aromatic N) is 4. The predicted molar refractivity (Wildman–Crippen MR) is 109 cm³/mol. The molecule has 2 heterocycles. The quantitative estimate of drug-likeness (QED) is 0.600. The van der Waals surface area contributed by atoms with Gasteiger partial charge in [-0.2, -0.15) is 4.98 Å². The van der Waals surface area contributed by atoms with Crippen molar-refractivity contribution in [3.8, 4) is 11.4 Å². The second-order valence-corrected chi connectivity index (χ2v) is 7.91. The van der Waals surface area contributed by atoms with E-state index in [1.165, 1.54) is 12.8 Å². The molecule has 3 rings (SSSR count). The number of halogens is 1. The summed E-state index contributed by atoms with van der Waals surface area (Å²) in [5, 5.41) is 8.16. The molecule has 0 bridgehead atoms. The molecule has 1 saturated heterocycles. The van der Waals surface area contributed by atoms with Crippen molar-refractivity contribution in [3.63, 3.8) is 0 Å². The van der Waals surface area contributed by atoms with Crippen LogP contribution < -0.4 is 5.32 Å². The first-order valence-corrected chi connectivity index (χ1v) is 9.97. The van der Waals surface area contributed by atoms with Crippen molar-refractivity contribution in [2.45, 2.75) is 33.1 Å². The summed E-state index contributed by atoms with van der Waals surface area (Å²) in [6.07, 6.45) is 3.18. The fourth-order valence-electron chi connectivity index (χ4n) is 3.57. The summed E-state index contributed by atoms with van der Waals surface area (Å²) in [6, 6.07) is 7.41. The van der Waals surface area contributed by atoms with Crippen LogP contribution in [0.2, 0.25) is 5.02 Å². The molecule has 2 aromatic rings. The van der Waals surface area contributed by atoms with E-state index in [2.05, 4.69) is 39.2 Å². The molecule has 0 spiro atoms. The SMILES string of the molecule is CN=C(NCCc1nc(-c2ccc(Cl)cc2)no1)N1CCC(CC(C)C)C1. The third-order valence-corrected chi connectivity index (χ3v) is 5.05. The lowest BCUT2D eigenvalue weighted by Gasteiger charge is -2.21. The number of nitrogens with one attached hydrogen (secondary N) is 1. The number of aromatic nitrogens is 2. The van der Waals surface area contributed by atoms with Gasteiger partial charge < -0.3 is 14.7 Å². The van der Waals surface area contributed by atoms with E-state index >= 15 is 0 Å². The molecule has 0 aliphatic carbocycles. The molecule has 1 aliphatic heterocycles. The van der Waals surface area contributed by atoms with Gasteiger partial charge in [-0.25, -0.2) is 0 Å². The highest BCUT2D eigenvalue weighted by molar-refractivity contribution is 6.30. The summed E-state index contributed by atoms with van der Waals surface area (Å²) in [5.74, 6) is 3.67. The number of guanidine groups is 1. The zero-order valence-electron chi connectivity index (χ0n) is 16.3. The van der Waals surface area contributed by atoms with Gasteiger partial charge in [-0.05, 0) is 48.9 Å². The Bertz CT molecular complexity index is 756. The van der Waals surface area contributed by atoms with Crippen LogP contribution in [-0.2, 0) is 6.42 Å². The van der Waals surface area contributed by atoms with Crippen molar-refractivity contribution < 1.29 is 4.52 Å². The molecule has 1 unspecified atom stereocenters. The third kappa shape index (κ3) is 5.45. The van der Waals surface area contributed by atoms with Crippen LogP contribution in [0.3, 0.4) is 0 Å². The fourth-order valence-corrected chi connectivity index (χ4v) is 3.70. The normalized spacial score (nSPS) is 17.7. The maximum Gasteiger partial charge on any atom is 0.228 e. The van der Waals surface area contributed by atoms with Gasteiger partial charge in [0.2, 0.25) is 11.7 Å². The average molecular weight is 390 g/mol. The highest BCUT2D eigenvalue weighted by Crippen LogP contribution is 2.23. The zero-order chi connectivity index (χ0) is 19.2. The third-order valence-electron chi connectivity index (χ3n) is 4.79. The van der Waals surface area contributed by atoms with Crippen LogP contribution in [0.15, 0.2) is 33.8 Å². The van der Waals surface area contributed by atoms with Crippen molar-refractivity contribution in [1.82, 2.24) is 20.4 Å². The molecule has 0 radical (unpaired) electrons. The summed E-state index contributed by atoms with van der Waals surface area (Å²) >= 11 is 5.92. The molecule has 27 heavy (non-hydrogen) atoms. The van der Waals surface area contributed by atoms with Gasteiger partial charge in [0.05, 0.1) is 0 Å². The molecule has 1 aromatic carbocycles. The molecule has 0 amide bonds. The van der Waals surface area contributed by atoms with E-state index in [0.717, 1.165) is 36.4 Å². The second kappa shape index (κ2) is 9.22. The summed E-state index contributed by atoms with van der Waals surface area (Å²) in [7, 11) is 1.84. The van der Waals surface area contributed by atoms with Crippen LogP contribution in [0.25, 0.3) is 11.4 Å². The Hall–Kier alpha value is -2.08. The topological polar surface area (TPSA) is 66.5 Å². The number of benzene rings is 1. The molecule has 7 heteroatoms. The van der Waals surface area contributed by atoms with Gasteiger partial charge in [0.15, 0.2) is 5.96 Å². The number of likely N-dealkylation sites (tertiary alicyclic amines) is 1. The molecule has 146 valence electrons. The Balaban J connectivity index is 1.48. The van der Waals surface area contributed by atoms with Crippen molar-refractivity contribution in [1.29, 1.82) is 0 Å². The van der Waals surface area contributed by atoms with E-state index in [4.69, 9.17) is 16.1 Å². The molecule has 6 nitrogen and oxygen atoms in total. The average Bonchev–Trinajstić information content (AvgIpc) is 3.29. The summed E-state index contributed by atoms with van der Waals surface area (Å²) in [6.45, 7) is 7.44. The fraction of sp³-hybridized carbons (Fsp3) is 0.550. The van der Waals surface area contributed by atoms with E-state index in [-0.39, 0.29) is 0 Å². The molecule has 1 fully saturated rings. The van der Waals surface area contributed by atoms with Gasteiger partial charge in [0, 0.05) is 43.7 Å². The highest BCUT2D eigenvalue weighted by Gasteiger charge is 2.25. The van der Waals surface area contributed by atoms with Gasteiger partial charge >= 0.3 is 0 Å². The second-order valence-electron chi connectivity index (χ2n) is 7.47. The minimum Gasteiger partial charge on any atom is -0.356 e. The zero-order valence-corrected chi connectivity index (χ0v) is 17.0. The number of aliphatic imine (C=N–C) groups is 1. The number of hydrogen-bond acceptors (Lipinski definition) is 4. The standard InChI is InChI=1S/C20H28ClN5O/c1-14(2)12-15-9-11-26(13-15)20(22-3)23-10-8-18-24-19(25-27-18)16-4-6-17(21)7-5-16/h4-7,14-15H,8-13H2,1-3H3,(H,22,23). The lowest BCUT2D eigenvalue weighted by atomic mass is 9.97. The molecule has 0 saturated carbocycles. The van der Waals surface area contributed by atoms with Crippen LogP contribution in [0.4, 0.5) is 0 Å². The van der Waals surface area contributed by atoms with Crippen molar-refractivity contribution in [2.24, 2.45) is 16.8 Å². The monoisotopic (exact) mass is 389 g/mol. The first-order chi connectivity index (χ1) is 13.0.